The maximum atomic E-state index is 13.1. The summed E-state index contributed by atoms with van der Waals surface area (Å²) in [6.45, 7) is 9.90. The Morgan fingerprint density at radius 2 is 0.703 bits per heavy atom. The first-order chi connectivity index (χ1) is 17.0. The number of hydrogen-bond acceptors (Lipinski definition) is 9. The molecule has 0 aliphatic heterocycles. The van der Waals surface area contributed by atoms with Crippen molar-refractivity contribution in [2.45, 2.75) is 56.2 Å². The topological polar surface area (TPSA) is 130 Å². The molecule has 0 radical (unpaired) electrons. The third-order valence-corrected chi connectivity index (χ3v) is 17.4. The van der Waals surface area contributed by atoms with Crippen LogP contribution in [0.5, 0.6) is 0 Å². The molecule has 0 N–H and O–H groups in total. The molecule has 9 nitrogen and oxygen atoms in total. The van der Waals surface area contributed by atoms with Crippen molar-refractivity contribution in [1.82, 2.24) is 0 Å². The molecule has 0 saturated heterocycles. The van der Waals surface area contributed by atoms with E-state index in [4.69, 9.17) is 8.93 Å². The molecule has 3 aromatic carbocycles. The summed E-state index contributed by atoms with van der Waals surface area (Å²) in [6, 6.07) is 13.3. The Balaban J connectivity index is 2.06. The summed E-state index contributed by atoms with van der Waals surface area (Å²) < 4.78 is 94.1. The summed E-state index contributed by atoms with van der Waals surface area (Å²) in [5.41, 5.74) is 3.35. The molecule has 3 rings (SSSR count). The zero-order valence-corrected chi connectivity index (χ0v) is 26.0. The number of aryl methyl sites for hydroxylation is 6. The van der Waals surface area contributed by atoms with Crippen molar-refractivity contribution in [1.29, 1.82) is 0 Å². The molecule has 0 bridgehead atoms. The monoisotopic (exact) mass is 624 g/mol. The Hall–Kier alpha value is -1.97. The fourth-order valence-corrected chi connectivity index (χ4v) is 14.8. The molecule has 0 spiro atoms. The third-order valence-electron chi connectivity index (χ3n) is 5.42. The van der Waals surface area contributed by atoms with E-state index in [0.717, 1.165) is 16.7 Å². The average molecular weight is 625 g/mol. The average Bonchev–Trinajstić information content (AvgIpc) is 2.71. The van der Waals surface area contributed by atoms with Gasteiger partial charge in [0.15, 0.2) is 0 Å². The summed E-state index contributed by atoms with van der Waals surface area (Å²) in [6.07, 6.45) is 0. The van der Waals surface area contributed by atoms with Crippen molar-refractivity contribution in [2.24, 2.45) is 0 Å². The van der Waals surface area contributed by atoms with Crippen LogP contribution >= 0.6 is 0 Å². The van der Waals surface area contributed by atoms with E-state index < -0.39 is 47.7 Å². The van der Waals surface area contributed by atoms with Gasteiger partial charge in [0.25, 0.3) is 0 Å². The number of benzene rings is 3. The van der Waals surface area contributed by atoms with E-state index >= 15 is 0 Å². The summed E-state index contributed by atoms with van der Waals surface area (Å²) in [4.78, 5) is -0.767. The molecular weight excluding hydrogens is 598 g/mol. The zero-order valence-electron chi connectivity index (χ0n) is 21.2. The quantitative estimate of drug-likeness (QED) is 0.324. The molecule has 198 valence electrons. The first-order valence-electron chi connectivity index (χ1n) is 11.0. The molecule has 0 aliphatic rings. The minimum atomic E-state index is -5.11. The van der Waals surface area contributed by atoms with Gasteiger partial charge in [0, 0.05) is 0 Å². The Morgan fingerprint density at radius 3 is 0.919 bits per heavy atom. The van der Waals surface area contributed by atoms with Crippen molar-refractivity contribution < 1.29 is 34.2 Å². The fourth-order valence-electron chi connectivity index (χ4n) is 3.75. The van der Waals surface area contributed by atoms with Gasteiger partial charge >= 0.3 is 226 Å². The molecule has 0 aromatic heterocycles. The molecule has 3 aromatic rings. The SMILES string of the molecule is Cc1ccc(S(=O)(=O)[O][Ga]([O]S(=O)(=O)c2ccc(C)cc2C)[O]S(=O)(=O)c2ccc(C)cc2C)c(C)c1. The summed E-state index contributed by atoms with van der Waals surface area (Å²) in [5, 5.41) is 0. The third kappa shape index (κ3) is 7.12. The molecule has 0 amide bonds. The van der Waals surface area contributed by atoms with Crippen LogP contribution in [0.2, 0.25) is 0 Å². The molecule has 0 unspecified atom stereocenters. The van der Waals surface area contributed by atoms with E-state index in [2.05, 4.69) is 0 Å². The van der Waals surface area contributed by atoms with Crippen molar-refractivity contribution in [3.8, 4) is 0 Å². The summed E-state index contributed by atoms with van der Waals surface area (Å²) in [5.74, 6) is 0. The van der Waals surface area contributed by atoms with Crippen molar-refractivity contribution in [2.75, 3.05) is 0 Å². The second kappa shape index (κ2) is 11.0. The predicted octanol–water partition coefficient (Wildman–Crippen LogP) is 4.04. The van der Waals surface area contributed by atoms with E-state index in [-0.39, 0.29) is 14.7 Å². The predicted molar refractivity (Wildman–Crippen MR) is 138 cm³/mol. The standard InChI is InChI=1S/3C8H10O3S.Ga/c3*1-6-3-4-8(7(2)5-6)12(9,10)11;/h3*3-5H,1-2H3,(H,9,10,11);/q;;;+3/p-3. The second-order valence-electron chi connectivity index (χ2n) is 8.75. The van der Waals surface area contributed by atoms with Crippen LogP contribution in [-0.2, 0) is 39.3 Å². The van der Waals surface area contributed by atoms with Crippen LogP contribution in [0.1, 0.15) is 33.4 Å². The van der Waals surface area contributed by atoms with Gasteiger partial charge < -0.3 is 0 Å². The molecule has 0 aliphatic carbocycles. The zero-order chi connectivity index (χ0) is 27.8. The van der Waals surface area contributed by atoms with Crippen molar-refractivity contribution >= 4 is 47.7 Å². The maximum absolute atomic E-state index is 13.1. The van der Waals surface area contributed by atoms with Crippen LogP contribution in [0.15, 0.2) is 69.3 Å². The van der Waals surface area contributed by atoms with Gasteiger partial charge in [0.2, 0.25) is 0 Å². The van der Waals surface area contributed by atoms with Gasteiger partial charge in [-0.05, 0) is 0 Å². The van der Waals surface area contributed by atoms with Gasteiger partial charge in [0.05, 0.1) is 0 Å². The van der Waals surface area contributed by atoms with E-state index in [1.807, 2.05) is 0 Å². The Morgan fingerprint density at radius 1 is 0.459 bits per heavy atom. The first-order valence-corrected chi connectivity index (χ1v) is 18.2. The molecular formula is C24H27GaO9S3. The number of rotatable bonds is 9. The molecule has 0 saturated carbocycles. The van der Waals surface area contributed by atoms with Crippen LogP contribution in [0.25, 0.3) is 0 Å². The molecule has 13 heteroatoms. The normalized spacial score (nSPS) is 12.5. The van der Waals surface area contributed by atoms with E-state index in [1.54, 1.807) is 39.0 Å². The summed E-state index contributed by atoms with van der Waals surface area (Å²) >= 11 is -5.11. The molecule has 0 fully saturated rings. The van der Waals surface area contributed by atoms with Crippen LogP contribution in [0, 0.1) is 41.5 Å². The van der Waals surface area contributed by atoms with Crippen LogP contribution in [0.4, 0.5) is 0 Å². The summed E-state index contributed by atoms with van der Waals surface area (Å²) in [7, 11) is -13.9. The second-order valence-corrected chi connectivity index (χ2v) is 18.2. The van der Waals surface area contributed by atoms with E-state index in [0.29, 0.717) is 16.7 Å². The molecule has 37 heavy (non-hydrogen) atoms. The minimum absolute atomic E-state index is 0.256. The van der Waals surface area contributed by atoms with E-state index in [1.165, 1.54) is 57.2 Å². The van der Waals surface area contributed by atoms with Gasteiger partial charge in [-0.25, -0.2) is 0 Å². The van der Waals surface area contributed by atoms with Gasteiger partial charge in [-0.2, -0.15) is 0 Å². The molecule has 0 atom stereocenters. The van der Waals surface area contributed by atoms with Crippen LogP contribution in [0.3, 0.4) is 0 Å². The van der Waals surface area contributed by atoms with Crippen molar-refractivity contribution in [3.63, 3.8) is 0 Å². The molecule has 0 heterocycles. The number of hydrogen-bond donors (Lipinski definition) is 0. The van der Waals surface area contributed by atoms with Crippen LogP contribution in [-0.4, -0.2) is 42.6 Å². The van der Waals surface area contributed by atoms with Crippen LogP contribution < -0.4 is 0 Å². The van der Waals surface area contributed by atoms with Gasteiger partial charge in [-0.3, -0.25) is 0 Å². The fraction of sp³-hybridized carbons (Fsp3) is 0.250. The Labute approximate surface area is 225 Å². The van der Waals surface area contributed by atoms with Gasteiger partial charge in [-0.1, -0.05) is 0 Å². The first kappa shape index (κ1) is 29.6. The Kier molecular flexibility index (Phi) is 8.81. The van der Waals surface area contributed by atoms with Gasteiger partial charge in [0.1, 0.15) is 0 Å². The van der Waals surface area contributed by atoms with E-state index in [9.17, 15) is 25.3 Å². The van der Waals surface area contributed by atoms with Gasteiger partial charge in [-0.15, -0.1) is 0 Å². The van der Waals surface area contributed by atoms with Crippen molar-refractivity contribution in [3.05, 3.63) is 88.0 Å². The Bertz CT molecular complexity index is 1460.